The number of para-hydroxylation sites is 2. The molecule has 45 heavy (non-hydrogen) atoms. The molecule has 1 fully saturated rings. The SMILES string of the molecule is CN(C(=O)c1ccc2nc(-c3ccc4ccccc4c3)[nH]c2c1)C1CCC(n2cc(COc3ccccc3[N+](=O)[O-])nn2)CC1. The number of imidazole rings is 1. The standard InChI is InChI=1S/C34H31N7O4/c1-39(27-13-15-28(16-14-27)40-20-26(37-38-40)21-45-32-9-5-4-8-31(32)41(43)44)34(42)25-12-17-29-30(19-25)36-33(35-29)24-11-10-22-6-2-3-7-23(22)18-24/h2-12,17-20,27-28H,13-16,21H2,1H3,(H,35,36). The molecule has 2 aromatic heterocycles. The Hall–Kier alpha value is -5.58. The van der Waals surface area contributed by atoms with E-state index in [9.17, 15) is 14.9 Å². The number of aromatic amines is 1. The number of nitro benzene ring substituents is 1. The van der Waals surface area contributed by atoms with Gasteiger partial charge in [0.2, 0.25) is 0 Å². The number of nitrogens with zero attached hydrogens (tertiary/aromatic N) is 6. The number of hydrogen-bond donors (Lipinski definition) is 1. The van der Waals surface area contributed by atoms with Crippen LogP contribution in [0.15, 0.2) is 91.1 Å². The number of carbonyl (C=O) groups excluding carboxylic acids is 1. The van der Waals surface area contributed by atoms with Crippen LogP contribution in [-0.2, 0) is 6.61 Å². The largest absolute Gasteiger partial charge is 0.480 e. The van der Waals surface area contributed by atoms with Gasteiger partial charge < -0.3 is 14.6 Å². The van der Waals surface area contributed by atoms with Crippen molar-refractivity contribution in [3.05, 3.63) is 112 Å². The summed E-state index contributed by atoms with van der Waals surface area (Å²) in [6.07, 6.45) is 5.22. The maximum Gasteiger partial charge on any atom is 0.310 e. The van der Waals surface area contributed by atoms with Crippen LogP contribution >= 0.6 is 0 Å². The van der Waals surface area contributed by atoms with Crippen LogP contribution in [-0.4, -0.2) is 53.8 Å². The van der Waals surface area contributed by atoms with E-state index in [0.717, 1.165) is 53.5 Å². The minimum absolute atomic E-state index is 0.0163. The number of fused-ring (bicyclic) bond motifs is 2. The molecule has 1 aliphatic rings. The Bertz CT molecular complexity index is 2030. The molecule has 0 bridgehead atoms. The Morgan fingerprint density at radius 3 is 2.60 bits per heavy atom. The summed E-state index contributed by atoms with van der Waals surface area (Å²) in [6, 6.07) is 26.7. The minimum atomic E-state index is -0.467. The molecule has 11 heteroatoms. The van der Waals surface area contributed by atoms with Gasteiger partial charge in [-0.05, 0) is 66.8 Å². The summed E-state index contributed by atoms with van der Waals surface area (Å²) in [4.78, 5) is 34.3. The number of nitrogens with one attached hydrogen (secondary N) is 1. The van der Waals surface area contributed by atoms with Gasteiger partial charge in [0.25, 0.3) is 5.91 Å². The Morgan fingerprint density at radius 2 is 1.78 bits per heavy atom. The van der Waals surface area contributed by atoms with Gasteiger partial charge in [-0.15, -0.1) is 5.10 Å². The summed E-state index contributed by atoms with van der Waals surface area (Å²) in [5.41, 5.74) is 3.78. The molecule has 0 radical (unpaired) electrons. The molecule has 4 aromatic carbocycles. The van der Waals surface area contributed by atoms with Crippen LogP contribution in [0, 0.1) is 10.1 Å². The molecule has 0 spiro atoms. The zero-order valence-corrected chi connectivity index (χ0v) is 24.7. The summed E-state index contributed by atoms with van der Waals surface area (Å²) in [6.45, 7) is 0.0852. The van der Waals surface area contributed by atoms with Crippen molar-refractivity contribution in [2.45, 2.75) is 44.4 Å². The van der Waals surface area contributed by atoms with Gasteiger partial charge in [0.05, 0.1) is 28.2 Å². The van der Waals surface area contributed by atoms with E-state index in [-0.39, 0.29) is 36.0 Å². The third-order valence-electron chi connectivity index (χ3n) is 8.66. The lowest BCUT2D eigenvalue weighted by Gasteiger charge is -2.34. The van der Waals surface area contributed by atoms with Crippen LogP contribution in [0.5, 0.6) is 5.75 Å². The minimum Gasteiger partial charge on any atom is -0.480 e. The number of rotatable bonds is 8. The highest BCUT2D eigenvalue weighted by molar-refractivity contribution is 5.98. The van der Waals surface area contributed by atoms with Gasteiger partial charge in [0.15, 0.2) is 5.75 Å². The Kier molecular flexibility index (Phi) is 7.42. The van der Waals surface area contributed by atoms with Crippen LogP contribution in [0.2, 0.25) is 0 Å². The number of ether oxygens (including phenoxy) is 1. The van der Waals surface area contributed by atoms with E-state index in [0.29, 0.717) is 11.3 Å². The fourth-order valence-corrected chi connectivity index (χ4v) is 6.14. The molecule has 7 rings (SSSR count). The smallest absolute Gasteiger partial charge is 0.310 e. The molecule has 0 unspecified atom stereocenters. The lowest BCUT2D eigenvalue weighted by Crippen LogP contribution is -2.39. The zero-order chi connectivity index (χ0) is 30.9. The van der Waals surface area contributed by atoms with E-state index in [1.54, 1.807) is 18.2 Å². The summed E-state index contributed by atoms with van der Waals surface area (Å²) in [5, 5.41) is 22.1. The highest BCUT2D eigenvalue weighted by Crippen LogP contribution is 2.32. The quantitative estimate of drug-likeness (QED) is 0.151. The van der Waals surface area contributed by atoms with E-state index >= 15 is 0 Å². The highest BCUT2D eigenvalue weighted by atomic mass is 16.6. The first-order valence-corrected chi connectivity index (χ1v) is 15.0. The Balaban J connectivity index is 0.971. The van der Waals surface area contributed by atoms with Crippen molar-refractivity contribution < 1.29 is 14.5 Å². The lowest BCUT2D eigenvalue weighted by atomic mass is 9.90. The first kappa shape index (κ1) is 28.2. The van der Waals surface area contributed by atoms with E-state index in [1.165, 1.54) is 11.5 Å². The molecule has 0 aliphatic heterocycles. The van der Waals surface area contributed by atoms with Gasteiger partial charge in [-0.25, -0.2) is 9.67 Å². The summed E-state index contributed by atoms with van der Waals surface area (Å²) < 4.78 is 7.50. The molecule has 0 saturated heterocycles. The third kappa shape index (κ3) is 5.72. The molecule has 0 atom stereocenters. The second-order valence-electron chi connectivity index (χ2n) is 11.5. The number of benzene rings is 4. The van der Waals surface area contributed by atoms with E-state index in [2.05, 4.69) is 45.6 Å². The van der Waals surface area contributed by atoms with Crippen LogP contribution in [0.3, 0.4) is 0 Å². The van der Waals surface area contributed by atoms with Crippen molar-refractivity contribution in [3.8, 4) is 17.1 Å². The van der Waals surface area contributed by atoms with Gasteiger partial charge in [0, 0.05) is 30.3 Å². The second-order valence-corrected chi connectivity index (χ2v) is 11.5. The van der Waals surface area contributed by atoms with Crippen molar-refractivity contribution in [2.24, 2.45) is 0 Å². The van der Waals surface area contributed by atoms with Gasteiger partial charge in [-0.2, -0.15) is 0 Å². The highest BCUT2D eigenvalue weighted by Gasteiger charge is 2.29. The molecular formula is C34H31N7O4. The Morgan fingerprint density at radius 1 is 1.00 bits per heavy atom. The fourth-order valence-electron chi connectivity index (χ4n) is 6.14. The van der Waals surface area contributed by atoms with Gasteiger partial charge in [-0.3, -0.25) is 14.9 Å². The van der Waals surface area contributed by atoms with E-state index in [1.807, 2.05) is 53.2 Å². The maximum atomic E-state index is 13.5. The molecule has 11 nitrogen and oxygen atoms in total. The molecule has 1 N–H and O–H groups in total. The van der Waals surface area contributed by atoms with Crippen LogP contribution in [0.25, 0.3) is 33.2 Å². The lowest BCUT2D eigenvalue weighted by molar-refractivity contribution is -0.385. The summed E-state index contributed by atoms with van der Waals surface area (Å²) in [7, 11) is 1.87. The zero-order valence-electron chi connectivity index (χ0n) is 24.7. The molecule has 1 saturated carbocycles. The predicted molar refractivity (Wildman–Crippen MR) is 170 cm³/mol. The van der Waals surface area contributed by atoms with Crippen molar-refractivity contribution in [1.29, 1.82) is 0 Å². The normalized spacial score (nSPS) is 16.6. The first-order valence-electron chi connectivity index (χ1n) is 15.0. The molecule has 1 amide bonds. The van der Waals surface area contributed by atoms with Gasteiger partial charge >= 0.3 is 5.69 Å². The number of carbonyl (C=O) groups is 1. The topological polar surface area (TPSA) is 132 Å². The summed E-state index contributed by atoms with van der Waals surface area (Å²) in [5.74, 6) is 0.955. The molecule has 1 aliphatic carbocycles. The molecule has 6 aromatic rings. The van der Waals surface area contributed by atoms with E-state index < -0.39 is 4.92 Å². The van der Waals surface area contributed by atoms with Crippen molar-refractivity contribution in [1.82, 2.24) is 29.9 Å². The first-order chi connectivity index (χ1) is 21.9. The number of hydrogen-bond acceptors (Lipinski definition) is 7. The van der Waals surface area contributed by atoms with Crippen molar-refractivity contribution >= 4 is 33.4 Å². The molecular weight excluding hydrogens is 570 g/mol. The fraction of sp³-hybridized carbons (Fsp3) is 0.235. The van der Waals surface area contributed by atoms with Crippen molar-refractivity contribution in [2.75, 3.05) is 7.05 Å². The average Bonchev–Trinajstić information content (AvgIpc) is 3.74. The summed E-state index contributed by atoms with van der Waals surface area (Å²) >= 11 is 0. The number of aromatic nitrogens is 5. The molecule has 2 heterocycles. The number of nitro groups is 1. The van der Waals surface area contributed by atoms with Crippen LogP contribution < -0.4 is 4.74 Å². The average molecular weight is 602 g/mol. The van der Waals surface area contributed by atoms with Crippen LogP contribution in [0.1, 0.15) is 47.8 Å². The number of amides is 1. The van der Waals surface area contributed by atoms with Crippen molar-refractivity contribution in [3.63, 3.8) is 0 Å². The predicted octanol–water partition coefficient (Wildman–Crippen LogP) is 6.72. The second kappa shape index (κ2) is 11.8. The molecule has 226 valence electrons. The maximum absolute atomic E-state index is 13.5. The van der Waals surface area contributed by atoms with Gasteiger partial charge in [-0.1, -0.05) is 53.7 Å². The number of H-pyrrole nitrogens is 1. The van der Waals surface area contributed by atoms with Crippen LogP contribution in [0.4, 0.5) is 5.69 Å². The third-order valence-corrected chi connectivity index (χ3v) is 8.66. The monoisotopic (exact) mass is 601 g/mol. The van der Waals surface area contributed by atoms with E-state index in [4.69, 9.17) is 9.72 Å². The van der Waals surface area contributed by atoms with Gasteiger partial charge in [0.1, 0.15) is 18.1 Å². The Labute approximate surface area is 258 Å².